The van der Waals surface area contributed by atoms with E-state index in [-0.39, 0.29) is 0 Å². The molecule has 2 aromatic heterocycles. The van der Waals surface area contributed by atoms with E-state index in [0.717, 1.165) is 33.5 Å². The number of hydrogen-bond acceptors (Lipinski definition) is 6. The van der Waals surface area contributed by atoms with Crippen molar-refractivity contribution >= 4 is 34.1 Å². The first kappa shape index (κ1) is 22.6. The van der Waals surface area contributed by atoms with Crippen LogP contribution in [-0.4, -0.2) is 35.9 Å². The summed E-state index contributed by atoms with van der Waals surface area (Å²) in [6.07, 6.45) is 3.60. The molecule has 0 saturated heterocycles. The van der Waals surface area contributed by atoms with Gasteiger partial charge in [0.15, 0.2) is 17.1 Å². The molecule has 7 nitrogen and oxygen atoms in total. The van der Waals surface area contributed by atoms with Gasteiger partial charge in [0.2, 0.25) is 5.75 Å². The van der Waals surface area contributed by atoms with Crippen molar-refractivity contribution in [1.82, 2.24) is 14.5 Å². The van der Waals surface area contributed by atoms with Gasteiger partial charge >= 0.3 is 0 Å². The highest BCUT2D eigenvalue weighted by Crippen LogP contribution is 2.42. The Morgan fingerprint density at radius 1 is 0.829 bits per heavy atom. The van der Waals surface area contributed by atoms with Crippen LogP contribution < -0.4 is 19.5 Å². The Bertz CT molecular complexity index is 1480. The first-order valence-electron chi connectivity index (χ1n) is 10.9. The van der Waals surface area contributed by atoms with Gasteiger partial charge in [0.25, 0.3) is 0 Å². The molecule has 0 amide bonds. The Kier molecular flexibility index (Phi) is 6.16. The molecule has 0 aliphatic heterocycles. The molecular weight excluding hydrogens is 464 g/mol. The number of benzene rings is 3. The third-order valence-electron chi connectivity index (χ3n) is 5.68. The van der Waals surface area contributed by atoms with E-state index < -0.39 is 0 Å². The number of rotatable bonds is 7. The molecular formula is C27H23ClN4O3. The van der Waals surface area contributed by atoms with Crippen molar-refractivity contribution in [2.24, 2.45) is 0 Å². The summed E-state index contributed by atoms with van der Waals surface area (Å²) >= 11 is 6.30. The molecule has 5 aromatic rings. The monoisotopic (exact) mass is 486 g/mol. The Morgan fingerprint density at radius 3 is 2.23 bits per heavy atom. The molecule has 3 aromatic carbocycles. The van der Waals surface area contributed by atoms with Gasteiger partial charge in [-0.1, -0.05) is 48.0 Å². The van der Waals surface area contributed by atoms with Crippen LogP contribution in [0.15, 0.2) is 79.3 Å². The summed E-state index contributed by atoms with van der Waals surface area (Å²) in [5.74, 6) is 2.24. The molecule has 5 rings (SSSR count). The molecule has 176 valence electrons. The van der Waals surface area contributed by atoms with Crippen LogP contribution in [0.4, 0.5) is 11.5 Å². The topological polar surface area (TPSA) is 70.4 Å². The van der Waals surface area contributed by atoms with Crippen molar-refractivity contribution in [2.75, 3.05) is 26.6 Å². The lowest BCUT2D eigenvalue weighted by atomic mass is 10.1. The van der Waals surface area contributed by atoms with Gasteiger partial charge in [-0.3, -0.25) is 0 Å². The summed E-state index contributed by atoms with van der Waals surface area (Å²) in [4.78, 5) is 9.22. The van der Waals surface area contributed by atoms with Gasteiger partial charge in [-0.2, -0.15) is 0 Å². The third kappa shape index (κ3) is 4.22. The van der Waals surface area contributed by atoms with Crippen LogP contribution in [0.1, 0.15) is 0 Å². The fraction of sp³-hybridized carbons (Fsp3) is 0.111. The molecule has 0 fully saturated rings. The zero-order valence-corrected chi connectivity index (χ0v) is 20.2. The van der Waals surface area contributed by atoms with Gasteiger partial charge < -0.3 is 24.1 Å². The first-order valence-corrected chi connectivity index (χ1v) is 11.2. The number of hydrogen-bond donors (Lipinski definition) is 1. The van der Waals surface area contributed by atoms with Gasteiger partial charge in [-0.25, -0.2) is 9.97 Å². The van der Waals surface area contributed by atoms with Crippen LogP contribution in [0.3, 0.4) is 0 Å². The van der Waals surface area contributed by atoms with E-state index in [1.807, 2.05) is 59.2 Å². The highest BCUT2D eigenvalue weighted by Gasteiger charge is 2.19. The maximum Gasteiger partial charge on any atom is 0.203 e. The minimum atomic E-state index is 0.519. The maximum absolute atomic E-state index is 6.30. The summed E-state index contributed by atoms with van der Waals surface area (Å²) in [5.41, 5.74) is 4.41. The smallest absolute Gasteiger partial charge is 0.203 e. The van der Waals surface area contributed by atoms with Crippen LogP contribution in [0, 0.1) is 0 Å². The van der Waals surface area contributed by atoms with Crippen molar-refractivity contribution in [3.05, 3.63) is 84.3 Å². The molecule has 0 aliphatic rings. The predicted molar refractivity (Wildman–Crippen MR) is 139 cm³/mol. The van der Waals surface area contributed by atoms with Crippen molar-refractivity contribution in [3.8, 4) is 34.1 Å². The van der Waals surface area contributed by atoms with Crippen molar-refractivity contribution in [2.45, 2.75) is 0 Å². The number of halogens is 1. The Morgan fingerprint density at radius 2 is 1.57 bits per heavy atom. The summed E-state index contributed by atoms with van der Waals surface area (Å²) in [5, 5.41) is 4.94. The highest BCUT2D eigenvalue weighted by molar-refractivity contribution is 6.30. The second-order valence-electron chi connectivity index (χ2n) is 7.72. The Balaban J connectivity index is 1.72. The summed E-state index contributed by atoms with van der Waals surface area (Å²) in [6, 6.07) is 21.5. The molecule has 0 aliphatic carbocycles. The summed E-state index contributed by atoms with van der Waals surface area (Å²) in [6.45, 7) is 0. The minimum absolute atomic E-state index is 0.519. The highest BCUT2D eigenvalue weighted by atomic mass is 35.5. The van der Waals surface area contributed by atoms with Gasteiger partial charge in [-0.05, 0) is 23.8 Å². The van der Waals surface area contributed by atoms with Gasteiger partial charge in [0, 0.05) is 40.3 Å². The maximum atomic E-state index is 6.30. The average Bonchev–Trinajstić information content (AvgIpc) is 3.29. The van der Waals surface area contributed by atoms with Crippen molar-refractivity contribution in [3.63, 3.8) is 0 Å². The lowest BCUT2D eigenvalue weighted by molar-refractivity contribution is 0.324. The van der Waals surface area contributed by atoms with Crippen LogP contribution >= 0.6 is 11.6 Å². The normalized spacial score (nSPS) is 10.9. The second-order valence-corrected chi connectivity index (χ2v) is 8.16. The first-order chi connectivity index (χ1) is 17.1. The average molecular weight is 487 g/mol. The molecule has 0 spiro atoms. The standard InChI is InChI=1S/C27H23ClN4O3/c1-33-22-13-19(14-23(34-2)25(22)35-3)31-26-24-21(17-8-5-4-6-9-17)15-32(27(24)30-16-29-26)20-11-7-10-18(28)12-20/h4-16H,1-3H3,(H,29,30,31). The van der Waals surface area contributed by atoms with Gasteiger partial charge in [0.05, 0.1) is 26.7 Å². The molecule has 0 atom stereocenters. The van der Waals surface area contributed by atoms with E-state index in [1.54, 1.807) is 27.7 Å². The SMILES string of the molecule is COc1cc(Nc2ncnc3c2c(-c2ccccc2)cn3-c2cccc(Cl)c2)cc(OC)c1OC. The van der Waals surface area contributed by atoms with E-state index in [0.29, 0.717) is 28.1 Å². The van der Waals surface area contributed by atoms with Crippen LogP contribution in [0.25, 0.3) is 27.8 Å². The fourth-order valence-electron chi connectivity index (χ4n) is 4.11. The Labute approximate surface area is 207 Å². The number of aromatic nitrogens is 3. The van der Waals surface area contributed by atoms with Gasteiger partial charge in [0.1, 0.15) is 12.1 Å². The zero-order valence-electron chi connectivity index (χ0n) is 19.4. The zero-order chi connectivity index (χ0) is 24.4. The molecule has 8 heteroatoms. The molecule has 35 heavy (non-hydrogen) atoms. The predicted octanol–water partition coefficient (Wildman–Crippen LogP) is 6.51. The largest absolute Gasteiger partial charge is 0.493 e. The van der Waals surface area contributed by atoms with E-state index >= 15 is 0 Å². The van der Waals surface area contributed by atoms with Gasteiger partial charge in [-0.15, -0.1) is 0 Å². The van der Waals surface area contributed by atoms with Crippen LogP contribution in [-0.2, 0) is 0 Å². The number of ether oxygens (including phenoxy) is 3. The molecule has 2 heterocycles. The lowest BCUT2D eigenvalue weighted by Gasteiger charge is -2.15. The van der Waals surface area contributed by atoms with E-state index in [1.165, 1.54) is 0 Å². The summed E-state index contributed by atoms with van der Waals surface area (Å²) in [7, 11) is 4.75. The van der Waals surface area contributed by atoms with E-state index in [2.05, 4.69) is 33.6 Å². The van der Waals surface area contributed by atoms with Crippen molar-refractivity contribution in [1.29, 1.82) is 0 Å². The number of anilines is 2. The Hall–Kier alpha value is -4.23. The lowest BCUT2D eigenvalue weighted by Crippen LogP contribution is -2.00. The van der Waals surface area contributed by atoms with E-state index in [9.17, 15) is 0 Å². The van der Waals surface area contributed by atoms with E-state index in [4.69, 9.17) is 25.8 Å². The number of methoxy groups -OCH3 is 3. The quantitative estimate of drug-likeness (QED) is 0.283. The fourth-order valence-corrected chi connectivity index (χ4v) is 4.29. The van der Waals surface area contributed by atoms with Crippen molar-refractivity contribution < 1.29 is 14.2 Å². The second kappa shape index (κ2) is 9.56. The van der Waals surface area contributed by atoms with Crippen LogP contribution in [0.2, 0.25) is 5.02 Å². The molecule has 0 radical (unpaired) electrons. The number of nitrogens with one attached hydrogen (secondary N) is 1. The van der Waals surface area contributed by atoms with Crippen LogP contribution in [0.5, 0.6) is 17.2 Å². The molecule has 1 N–H and O–H groups in total. The molecule has 0 unspecified atom stereocenters. The molecule has 0 bridgehead atoms. The number of fused-ring (bicyclic) bond motifs is 1. The third-order valence-corrected chi connectivity index (χ3v) is 5.92. The summed E-state index contributed by atoms with van der Waals surface area (Å²) < 4.78 is 18.5. The minimum Gasteiger partial charge on any atom is -0.493 e. The number of nitrogens with zero attached hydrogens (tertiary/aromatic N) is 3. The molecule has 0 saturated carbocycles.